The summed E-state index contributed by atoms with van der Waals surface area (Å²) in [6.07, 6.45) is 1.77. The van der Waals surface area contributed by atoms with Gasteiger partial charge in [0.2, 0.25) is 0 Å². The summed E-state index contributed by atoms with van der Waals surface area (Å²) >= 11 is 0. The molecule has 0 spiro atoms. The van der Waals surface area contributed by atoms with E-state index in [4.69, 9.17) is 9.47 Å². The minimum Gasteiger partial charge on any atom is -0.497 e. The van der Waals surface area contributed by atoms with Gasteiger partial charge >= 0.3 is 0 Å². The SMILES string of the molecule is COc1ccc(/C=N/Nc2cc(C)nc3c(OC)cccc23)cc1. The number of pyridine rings is 1. The molecule has 0 amide bonds. The maximum atomic E-state index is 5.39. The van der Waals surface area contributed by atoms with Crippen LogP contribution in [0.3, 0.4) is 0 Å². The van der Waals surface area contributed by atoms with E-state index in [9.17, 15) is 0 Å². The molecule has 0 bridgehead atoms. The maximum Gasteiger partial charge on any atom is 0.145 e. The van der Waals surface area contributed by atoms with Crippen LogP contribution in [0.2, 0.25) is 0 Å². The third-order valence-corrected chi connectivity index (χ3v) is 3.66. The molecule has 3 aromatic rings. The monoisotopic (exact) mass is 321 g/mol. The maximum absolute atomic E-state index is 5.39. The zero-order chi connectivity index (χ0) is 16.9. The van der Waals surface area contributed by atoms with Gasteiger partial charge in [-0.2, -0.15) is 5.10 Å². The highest BCUT2D eigenvalue weighted by molar-refractivity contribution is 5.95. The molecule has 1 N–H and O–H groups in total. The molecule has 0 saturated heterocycles. The molecule has 0 radical (unpaired) electrons. The van der Waals surface area contributed by atoms with E-state index in [1.54, 1.807) is 20.4 Å². The van der Waals surface area contributed by atoms with Crippen molar-refractivity contribution in [3.05, 3.63) is 59.8 Å². The highest BCUT2D eigenvalue weighted by Gasteiger charge is 2.07. The number of benzene rings is 2. The molecule has 122 valence electrons. The molecule has 0 saturated carbocycles. The number of fused-ring (bicyclic) bond motifs is 1. The van der Waals surface area contributed by atoms with Gasteiger partial charge in [-0.1, -0.05) is 12.1 Å². The van der Waals surface area contributed by atoms with E-state index in [1.807, 2.05) is 55.5 Å². The summed E-state index contributed by atoms with van der Waals surface area (Å²) in [5.41, 5.74) is 6.69. The number of rotatable bonds is 5. The minimum atomic E-state index is 0.749. The average molecular weight is 321 g/mol. The first-order valence-corrected chi connectivity index (χ1v) is 7.59. The Labute approximate surface area is 140 Å². The standard InChI is InChI=1S/C19H19N3O2/c1-13-11-17(16-5-4-6-18(24-3)19(16)21-13)22-20-12-14-7-9-15(23-2)10-8-14/h4-12H,1-3H3,(H,21,22)/b20-12+. The van der Waals surface area contributed by atoms with E-state index in [1.165, 1.54) is 0 Å². The summed E-state index contributed by atoms with van der Waals surface area (Å²) in [6.45, 7) is 1.95. The molecule has 0 atom stereocenters. The number of para-hydroxylation sites is 1. The molecular weight excluding hydrogens is 302 g/mol. The Kier molecular flexibility index (Phi) is 4.61. The Hall–Kier alpha value is -3.08. The predicted octanol–water partition coefficient (Wildman–Crippen LogP) is 4.01. The summed E-state index contributed by atoms with van der Waals surface area (Å²) < 4.78 is 10.5. The normalized spacial score (nSPS) is 11.0. The van der Waals surface area contributed by atoms with Gasteiger partial charge < -0.3 is 9.47 Å². The van der Waals surface area contributed by atoms with Gasteiger partial charge in [0.25, 0.3) is 0 Å². The lowest BCUT2D eigenvalue weighted by Gasteiger charge is -2.10. The number of nitrogens with one attached hydrogen (secondary N) is 1. The number of aryl methyl sites for hydroxylation is 1. The van der Waals surface area contributed by atoms with Crippen LogP contribution in [0.15, 0.2) is 53.6 Å². The van der Waals surface area contributed by atoms with Gasteiger partial charge in [0.15, 0.2) is 0 Å². The van der Waals surface area contributed by atoms with Gasteiger partial charge in [0.1, 0.15) is 17.0 Å². The minimum absolute atomic E-state index is 0.749. The van der Waals surface area contributed by atoms with E-state index in [2.05, 4.69) is 15.5 Å². The fraction of sp³-hybridized carbons (Fsp3) is 0.158. The van der Waals surface area contributed by atoms with E-state index in [0.717, 1.165) is 39.3 Å². The molecule has 3 rings (SSSR count). The predicted molar refractivity (Wildman–Crippen MR) is 97.2 cm³/mol. The number of hydrogen-bond donors (Lipinski definition) is 1. The molecule has 0 aliphatic carbocycles. The lowest BCUT2D eigenvalue weighted by Crippen LogP contribution is -1.96. The fourth-order valence-electron chi connectivity index (χ4n) is 2.47. The largest absolute Gasteiger partial charge is 0.497 e. The molecule has 0 fully saturated rings. The Morgan fingerprint density at radius 3 is 2.54 bits per heavy atom. The van der Waals surface area contributed by atoms with Crippen LogP contribution in [0.1, 0.15) is 11.3 Å². The van der Waals surface area contributed by atoms with Crippen LogP contribution in [0, 0.1) is 6.92 Å². The first-order chi connectivity index (χ1) is 11.7. The van der Waals surface area contributed by atoms with Crippen LogP contribution in [0.4, 0.5) is 5.69 Å². The Morgan fingerprint density at radius 1 is 1.04 bits per heavy atom. The summed E-state index contributed by atoms with van der Waals surface area (Å²) in [6, 6.07) is 15.5. The van der Waals surface area contributed by atoms with Crippen LogP contribution in [-0.4, -0.2) is 25.4 Å². The first kappa shape index (κ1) is 15.8. The Balaban J connectivity index is 1.88. The number of ether oxygens (including phenoxy) is 2. The third kappa shape index (κ3) is 3.30. The van der Waals surface area contributed by atoms with Crippen LogP contribution in [0.25, 0.3) is 10.9 Å². The number of nitrogens with zero attached hydrogens (tertiary/aromatic N) is 2. The molecular formula is C19H19N3O2. The highest BCUT2D eigenvalue weighted by Crippen LogP contribution is 2.29. The number of methoxy groups -OCH3 is 2. The van der Waals surface area contributed by atoms with Crippen molar-refractivity contribution in [3.8, 4) is 11.5 Å². The second-order valence-corrected chi connectivity index (χ2v) is 5.31. The van der Waals surface area contributed by atoms with Crippen molar-refractivity contribution in [3.63, 3.8) is 0 Å². The molecule has 1 heterocycles. The molecule has 5 heteroatoms. The van der Waals surface area contributed by atoms with Gasteiger partial charge in [-0.15, -0.1) is 0 Å². The van der Waals surface area contributed by atoms with Crippen LogP contribution < -0.4 is 14.9 Å². The smallest absolute Gasteiger partial charge is 0.145 e. The first-order valence-electron chi connectivity index (χ1n) is 7.59. The molecule has 2 aromatic carbocycles. The van der Waals surface area contributed by atoms with Gasteiger partial charge in [-0.3, -0.25) is 5.43 Å². The molecule has 0 aliphatic heterocycles. The van der Waals surface area contributed by atoms with Crippen molar-refractivity contribution >= 4 is 22.8 Å². The molecule has 1 aromatic heterocycles. The van der Waals surface area contributed by atoms with E-state index < -0.39 is 0 Å². The van der Waals surface area contributed by atoms with Crippen LogP contribution >= 0.6 is 0 Å². The number of aromatic nitrogens is 1. The number of hydrazone groups is 1. The molecule has 0 unspecified atom stereocenters. The quantitative estimate of drug-likeness (QED) is 0.570. The van der Waals surface area contributed by atoms with Crippen molar-refractivity contribution in [2.24, 2.45) is 5.10 Å². The zero-order valence-corrected chi connectivity index (χ0v) is 13.9. The molecule has 5 nitrogen and oxygen atoms in total. The van der Waals surface area contributed by atoms with E-state index in [0.29, 0.717) is 0 Å². The molecule has 24 heavy (non-hydrogen) atoms. The van der Waals surface area contributed by atoms with Crippen molar-refractivity contribution < 1.29 is 9.47 Å². The van der Waals surface area contributed by atoms with Crippen LogP contribution in [-0.2, 0) is 0 Å². The van der Waals surface area contributed by atoms with Gasteiger partial charge in [0, 0.05) is 11.1 Å². The number of hydrogen-bond acceptors (Lipinski definition) is 5. The summed E-state index contributed by atoms with van der Waals surface area (Å²) in [5, 5.41) is 5.29. The highest BCUT2D eigenvalue weighted by atomic mass is 16.5. The zero-order valence-electron chi connectivity index (χ0n) is 13.9. The second-order valence-electron chi connectivity index (χ2n) is 5.31. The second kappa shape index (κ2) is 7.00. The lowest BCUT2D eigenvalue weighted by molar-refractivity contribution is 0.415. The Morgan fingerprint density at radius 2 is 1.83 bits per heavy atom. The van der Waals surface area contributed by atoms with Crippen molar-refractivity contribution in [1.82, 2.24) is 4.98 Å². The molecule has 0 aliphatic rings. The summed E-state index contributed by atoms with van der Waals surface area (Å²) in [7, 11) is 3.30. The van der Waals surface area contributed by atoms with Gasteiger partial charge in [-0.05, 0) is 48.9 Å². The van der Waals surface area contributed by atoms with Crippen molar-refractivity contribution in [1.29, 1.82) is 0 Å². The van der Waals surface area contributed by atoms with E-state index in [-0.39, 0.29) is 0 Å². The van der Waals surface area contributed by atoms with Crippen molar-refractivity contribution in [2.75, 3.05) is 19.6 Å². The van der Waals surface area contributed by atoms with Crippen molar-refractivity contribution in [2.45, 2.75) is 6.92 Å². The summed E-state index contributed by atoms with van der Waals surface area (Å²) in [5.74, 6) is 1.57. The summed E-state index contributed by atoms with van der Waals surface area (Å²) in [4.78, 5) is 4.56. The van der Waals surface area contributed by atoms with Gasteiger partial charge in [0.05, 0.1) is 26.1 Å². The Bertz CT molecular complexity index is 874. The third-order valence-electron chi connectivity index (χ3n) is 3.66. The van der Waals surface area contributed by atoms with Gasteiger partial charge in [-0.25, -0.2) is 4.98 Å². The topological polar surface area (TPSA) is 55.7 Å². The lowest BCUT2D eigenvalue weighted by atomic mass is 10.1. The van der Waals surface area contributed by atoms with Crippen LogP contribution in [0.5, 0.6) is 11.5 Å². The average Bonchev–Trinajstić information content (AvgIpc) is 2.61. The van der Waals surface area contributed by atoms with E-state index >= 15 is 0 Å². The number of anilines is 1. The fourth-order valence-corrected chi connectivity index (χ4v) is 2.47.